The van der Waals surface area contributed by atoms with Crippen LogP contribution in [-0.4, -0.2) is 21.3 Å². The third kappa shape index (κ3) is 2.99. The zero-order valence-corrected chi connectivity index (χ0v) is 13.2. The Morgan fingerprint density at radius 3 is 2.53 bits per heavy atom. The summed E-state index contributed by atoms with van der Waals surface area (Å²) in [6, 6.07) is 0.347. The number of fused-ring (bicyclic) bond motifs is 1. The lowest BCUT2D eigenvalue weighted by Gasteiger charge is -2.30. The van der Waals surface area contributed by atoms with E-state index in [1.807, 2.05) is 0 Å². The number of hydrogen-bond acceptors (Lipinski definition) is 3. The van der Waals surface area contributed by atoms with Gasteiger partial charge >= 0.3 is 0 Å². The van der Waals surface area contributed by atoms with Crippen LogP contribution in [0.15, 0.2) is 0 Å². The average molecular weight is 264 g/mol. The van der Waals surface area contributed by atoms with E-state index in [-0.39, 0.29) is 0 Å². The molecule has 108 valence electrons. The fraction of sp³-hybridized carbons (Fsp3) is 0.867. The summed E-state index contributed by atoms with van der Waals surface area (Å²) < 4.78 is 2.34. The molecule has 4 nitrogen and oxygen atoms in total. The highest BCUT2D eigenvalue weighted by atomic mass is 15.3. The maximum Gasteiger partial charge on any atom is 0.150 e. The van der Waals surface area contributed by atoms with Crippen molar-refractivity contribution in [2.24, 2.45) is 17.3 Å². The Labute approximate surface area is 117 Å². The van der Waals surface area contributed by atoms with Crippen LogP contribution in [0.3, 0.4) is 0 Å². The van der Waals surface area contributed by atoms with Gasteiger partial charge in [-0.3, -0.25) is 0 Å². The third-order valence-corrected chi connectivity index (χ3v) is 4.47. The van der Waals surface area contributed by atoms with E-state index in [9.17, 15) is 0 Å². The van der Waals surface area contributed by atoms with E-state index in [0.717, 1.165) is 31.2 Å². The molecule has 0 amide bonds. The van der Waals surface area contributed by atoms with Crippen LogP contribution < -0.4 is 5.32 Å². The summed E-state index contributed by atoms with van der Waals surface area (Å²) in [7, 11) is 0. The molecule has 1 aliphatic heterocycles. The van der Waals surface area contributed by atoms with Gasteiger partial charge in [0, 0.05) is 19.5 Å². The van der Waals surface area contributed by atoms with Gasteiger partial charge in [0.2, 0.25) is 0 Å². The zero-order valence-electron chi connectivity index (χ0n) is 13.2. The molecule has 2 rings (SSSR count). The molecule has 2 unspecified atom stereocenters. The molecule has 1 aromatic rings. The van der Waals surface area contributed by atoms with Crippen LogP contribution in [0.4, 0.5) is 0 Å². The van der Waals surface area contributed by atoms with Gasteiger partial charge in [-0.15, -0.1) is 10.2 Å². The summed E-state index contributed by atoms with van der Waals surface area (Å²) in [5.41, 5.74) is 0.316. The Kier molecular flexibility index (Phi) is 4.00. The first-order valence-corrected chi connectivity index (χ1v) is 7.46. The fourth-order valence-electron chi connectivity index (χ4n) is 2.51. The molecule has 1 aromatic heterocycles. The van der Waals surface area contributed by atoms with Crippen molar-refractivity contribution in [3.63, 3.8) is 0 Å². The molecule has 1 N–H and O–H groups in total. The topological polar surface area (TPSA) is 42.7 Å². The molecule has 2 atom stereocenters. The fourth-order valence-corrected chi connectivity index (χ4v) is 2.51. The smallest absolute Gasteiger partial charge is 0.150 e. The lowest BCUT2D eigenvalue weighted by Crippen LogP contribution is -2.37. The van der Waals surface area contributed by atoms with Gasteiger partial charge in [-0.1, -0.05) is 41.5 Å². The Hall–Kier alpha value is -0.900. The highest BCUT2D eigenvalue weighted by molar-refractivity contribution is 5.06. The maximum absolute atomic E-state index is 4.46. The first-order valence-electron chi connectivity index (χ1n) is 7.46. The SMILES string of the molecule is CC(C)C1NCCn2c(CC(C)C(C)(C)C)nnc21. The van der Waals surface area contributed by atoms with Crippen molar-refractivity contribution in [3.8, 4) is 0 Å². The highest BCUT2D eigenvalue weighted by Crippen LogP contribution is 2.30. The first-order chi connectivity index (χ1) is 8.80. The first kappa shape index (κ1) is 14.5. The molecule has 0 aromatic carbocycles. The van der Waals surface area contributed by atoms with E-state index in [0.29, 0.717) is 23.3 Å². The van der Waals surface area contributed by atoms with Crippen molar-refractivity contribution < 1.29 is 0 Å². The molecule has 19 heavy (non-hydrogen) atoms. The van der Waals surface area contributed by atoms with Crippen LogP contribution in [0.1, 0.15) is 59.2 Å². The average Bonchev–Trinajstić information content (AvgIpc) is 2.71. The van der Waals surface area contributed by atoms with Crippen LogP contribution in [0.2, 0.25) is 0 Å². The van der Waals surface area contributed by atoms with Crippen LogP contribution in [0.5, 0.6) is 0 Å². The van der Waals surface area contributed by atoms with Gasteiger partial charge in [0.05, 0.1) is 6.04 Å². The summed E-state index contributed by atoms with van der Waals surface area (Å²) in [6.07, 6.45) is 1.02. The second-order valence-corrected chi connectivity index (χ2v) is 7.27. The van der Waals surface area contributed by atoms with Gasteiger partial charge in [0.15, 0.2) is 5.82 Å². The number of hydrogen-bond donors (Lipinski definition) is 1. The molecule has 2 heterocycles. The predicted octanol–water partition coefficient (Wildman–Crippen LogP) is 2.80. The van der Waals surface area contributed by atoms with Gasteiger partial charge in [-0.2, -0.15) is 0 Å². The minimum Gasteiger partial charge on any atom is -0.312 e. The number of aromatic nitrogens is 3. The van der Waals surface area contributed by atoms with Crippen LogP contribution >= 0.6 is 0 Å². The van der Waals surface area contributed by atoms with Crippen molar-refractivity contribution in [1.29, 1.82) is 0 Å². The Morgan fingerprint density at radius 2 is 1.95 bits per heavy atom. The quantitative estimate of drug-likeness (QED) is 0.913. The van der Waals surface area contributed by atoms with Crippen LogP contribution in [0, 0.1) is 17.3 Å². The second kappa shape index (κ2) is 5.23. The summed E-state index contributed by atoms with van der Waals surface area (Å²) in [6.45, 7) is 15.7. The summed E-state index contributed by atoms with van der Waals surface area (Å²) >= 11 is 0. The van der Waals surface area contributed by atoms with Crippen molar-refractivity contribution >= 4 is 0 Å². The van der Waals surface area contributed by atoms with E-state index >= 15 is 0 Å². The monoisotopic (exact) mass is 264 g/mol. The normalized spacial score (nSPS) is 21.5. The predicted molar refractivity (Wildman–Crippen MR) is 77.9 cm³/mol. The molecule has 0 spiro atoms. The van der Waals surface area contributed by atoms with E-state index in [2.05, 4.69) is 61.6 Å². The molecule has 0 aliphatic carbocycles. The van der Waals surface area contributed by atoms with Gasteiger partial charge in [0.1, 0.15) is 5.82 Å². The van der Waals surface area contributed by atoms with E-state index in [1.54, 1.807) is 0 Å². The largest absolute Gasteiger partial charge is 0.312 e. The van der Waals surface area contributed by atoms with Gasteiger partial charge in [-0.05, 0) is 17.3 Å². The molecule has 4 heteroatoms. The van der Waals surface area contributed by atoms with Gasteiger partial charge in [-0.25, -0.2) is 0 Å². The summed E-state index contributed by atoms with van der Waals surface area (Å²) in [4.78, 5) is 0. The molecule has 0 bridgehead atoms. The Balaban J connectivity index is 2.21. The van der Waals surface area contributed by atoms with Gasteiger partial charge in [0.25, 0.3) is 0 Å². The minimum atomic E-state index is 0.316. The third-order valence-electron chi connectivity index (χ3n) is 4.47. The standard InChI is InChI=1S/C15H28N4/c1-10(2)13-14-18-17-12(19(14)8-7-16-13)9-11(3)15(4,5)6/h10-11,13,16H,7-9H2,1-6H3. The van der Waals surface area contributed by atoms with Crippen molar-refractivity contribution in [3.05, 3.63) is 11.6 Å². The molecule has 1 aliphatic rings. The Morgan fingerprint density at radius 1 is 1.26 bits per heavy atom. The molecular weight excluding hydrogens is 236 g/mol. The molecule has 0 fully saturated rings. The van der Waals surface area contributed by atoms with Crippen LogP contribution in [-0.2, 0) is 13.0 Å². The Bertz CT molecular complexity index is 428. The van der Waals surface area contributed by atoms with Crippen molar-refractivity contribution in [1.82, 2.24) is 20.1 Å². The molecule has 0 saturated carbocycles. The van der Waals surface area contributed by atoms with Crippen molar-refractivity contribution in [2.75, 3.05) is 6.54 Å². The summed E-state index contributed by atoms with van der Waals surface area (Å²) in [5.74, 6) is 3.44. The second-order valence-electron chi connectivity index (χ2n) is 7.27. The highest BCUT2D eigenvalue weighted by Gasteiger charge is 2.29. The summed E-state index contributed by atoms with van der Waals surface area (Å²) in [5, 5.41) is 12.5. The van der Waals surface area contributed by atoms with Crippen molar-refractivity contribution in [2.45, 2.75) is 60.5 Å². The van der Waals surface area contributed by atoms with Crippen LogP contribution in [0.25, 0.3) is 0 Å². The van der Waals surface area contributed by atoms with E-state index in [1.165, 1.54) is 0 Å². The lowest BCUT2D eigenvalue weighted by atomic mass is 9.80. The zero-order chi connectivity index (χ0) is 14.2. The number of rotatable bonds is 3. The molecular formula is C15H28N4. The van der Waals surface area contributed by atoms with E-state index in [4.69, 9.17) is 0 Å². The molecule has 0 radical (unpaired) electrons. The number of nitrogens with one attached hydrogen (secondary N) is 1. The maximum atomic E-state index is 4.46. The molecule has 0 saturated heterocycles. The lowest BCUT2D eigenvalue weighted by molar-refractivity contribution is 0.252. The minimum absolute atomic E-state index is 0.316. The number of nitrogens with zero attached hydrogens (tertiary/aromatic N) is 3. The van der Waals surface area contributed by atoms with E-state index < -0.39 is 0 Å². The van der Waals surface area contributed by atoms with Gasteiger partial charge < -0.3 is 9.88 Å².